The van der Waals surface area contributed by atoms with Crippen molar-refractivity contribution in [3.05, 3.63) is 58.5 Å². The number of hydrogen-bond acceptors (Lipinski definition) is 6. The van der Waals surface area contributed by atoms with Crippen molar-refractivity contribution in [1.29, 1.82) is 5.26 Å². The highest BCUT2D eigenvalue weighted by Gasteiger charge is 2.64. The molecule has 1 aliphatic carbocycles. The Morgan fingerprint density at radius 2 is 1.94 bits per heavy atom. The zero-order valence-corrected chi connectivity index (χ0v) is 18.5. The number of nitrogens with zero attached hydrogens (tertiary/aromatic N) is 3. The molecule has 6 nitrogen and oxygen atoms in total. The Labute approximate surface area is 188 Å². The number of anilines is 1. The second kappa shape index (κ2) is 7.32. The molecule has 1 heterocycles. The van der Waals surface area contributed by atoms with Crippen molar-refractivity contribution in [3.8, 4) is 11.8 Å². The molecular weight excluding hydrogens is 433 g/mol. The molecule has 0 saturated carbocycles. The number of phenolic OH excluding ortho intramolecular Hbond substituents is 1. The number of fused-ring (bicyclic) bond motifs is 2. The van der Waals surface area contributed by atoms with Crippen LogP contribution >= 0.6 is 0 Å². The number of nitrogens with one attached hydrogen (secondary N) is 1. The van der Waals surface area contributed by atoms with Crippen molar-refractivity contribution in [1.82, 2.24) is 9.97 Å². The number of phenols is 1. The van der Waals surface area contributed by atoms with Crippen LogP contribution in [-0.4, -0.2) is 32.0 Å². The summed E-state index contributed by atoms with van der Waals surface area (Å²) in [4.78, 5) is 8.47. The summed E-state index contributed by atoms with van der Waals surface area (Å²) in [5.41, 5.74) is -2.93. The quantitative estimate of drug-likeness (QED) is 0.504. The lowest BCUT2D eigenvalue weighted by molar-refractivity contribution is -0.275. The zero-order valence-electron chi connectivity index (χ0n) is 18.5. The minimum absolute atomic E-state index is 0.00654. The summed E-state index contributed by atoms with van der Waals surface area (Å²) in [6, 6.07) is 6.68. The third kappa shape index (κ3) is 3.45. The van der Waals surface area contributed by atoms with Gasteiger partial charge in [-0.2, -0.15) is 18.4 Å². The third-order valence-corrected chi connectivity index (χ3v) is 6.35. The topological polar surface area (TPSA) is 102 Å². The Kier molecular flexibility index (Phi) is 5.06. The average Bonchev–Trinajstić information content (AvgIpc) is 2.69. The fourth-order valence-electron chi connectivity index (χ4n) is 4.92. The van der Waals surface area contributed by atoms with Gasteiger partial charge in [-0.3, -0.25) is 0 Å². The van der Waals surface area contributed by atoms with Gasteiger partial charge in [0.1, 0.15) is 17.6 Å². The molecule has 0 bridgehead atoms. The standard InChI is InChI=1S/C24H23F3N4O2/c1-12-8-14-19(20(32)15(12)9-28)22(3,4)11-23(33,24(25,26)27)21(14)31-18-7-5-6-17-16(18)10-29-13(2)30-17/h5-8,10,21,31-33H,11H2,1-4H3. The van der Waals surface area contributed by atoms with Gasteiger partial charge in [0, 0.05) is 22.8 Å². The van der Waals surface area contributed by atoms with Gasteiger partial charge >= 0.3 is 6.18 Å². The van der Waals surface area contributed by atoms with E-state index in [1.54, 1.807) is 32.0 Å². The van der Waals surface area contributed by atoms with Crippen LogP contribution in [0.15, 0.2) is 30.5 Å². The average molecular weight is 456 g/mol. The van der Waals surface area contributed by atoms with Crippen LogP contribution in [0.25, 0.3) is 10.9 Å². The fourth-order valence-corrected chi connectivity index (χ4v) is 4.92. The van der Waals surface area contributed by atoms with Gasteiger partial charge in [0.05, 0.1) is 17.1 Å². The van der Waals surface area contributed by atoms with E-state index in [0.29, 0.717) is 28.0 Å². The molecule has 0 amide bonds. The molecule has 33 heavy (non-hydrogen) atoms. The molecule has 172 valence electrons. The normalized spacial score (nSPS) is 22.0. The molecule has 4 rings (SSSR count). The maximum atomic E-state index is 14.4. The molecule has 2 unspecified atom stereocenters. The van der Waals surface area contributed by atoms with E-state index in [2.05, 4.69) is 15.3 Å². The van der Waals surface area contributed by atoms with E-state index >= 15 is 0 Å². The van der Waals surface area contributed by atoms with Crippen LogP contribution in [0.3, 0.4) is 0 Å². The molecule has 0 saturated heterocycles. The number of nitriles is 1. The summed E-state index contributed by atoms with van der Waals surface area (Å²) in [6.07, 6.45) is -4.17. The van der Waals surface area contributed by atoms with E-state index in [9.17, 15) is 28.6 Å². The molecule has 3 N–H and O–H groups in total. The third-order valence-electron chi connectivity index (χ3n) is 6.35. The smallest absolute Gasteiger partial charge is 0.419 e. The van der Waals surface area contributed by atoms with Crippen LogP contribution in [0.4, 0.5) is 18.9 Å². The summed E-state index contributed by atoms with van der Waals surface area (Å²) in [7, 11) is 0. The molecule has 9 heteroatoms. The van der Waals surface area contributed by atoms with E-state index < -0.39 is 29.7 Å². The first-order chi connectivity index (χ1) is 15.3. The lowest BCUT2D eigenvalue weighted by Gasteiger charge is -2.49. The van der Waals surface area contributed by atoms with Crippen LogP contribution in [0.5, 0.6) is 5.75 Å². The van der Waals surface area contributed by atoms with Gasteiger partial charge in [0.2, 0.25) is 0 Å². The molecular formula is C24H23F3N4O2. The summed E-state index contributed by atoms with van der Waals surface area (Å²) in [5.74, 6) is 0.159. The Hall–Kier alpha value is -3.38. The number of benzene rings is 2. The highest BCUT2D eigenvalue weighted by atomic mass is 19.4. The predicted molar refractivity (Wildman–Crippen MR) is 117 cm³/mol. The van der Waals surface area contributed by atoms with Crippen molar-refractivity contribution in [3.63, 3.8) is 0 Å². The van der Waals surface area contributed by atoms with Crippen LogP contribution in [-0.2, 0) is 5.41 Å². The number of aromatic hydroxyl groups is 1. The summed E-state index contributed by atoms with van der Waals surface area (Å²) >= 11 is 0. The van der Waals surface area contributed by atoms with Gasteiger partial charge < -0.3 is 15.5 Å². The first-order valence-corrected chi connectivity index (χ1v) is 10.3. The number of rotatable bonds is 2. The van der Waals surface area contributed by atoms with Gasteiger partial charge in [-0.15, -0.1) is 0 Å². The summed E-state index contributed by atoms with van der Waals surface area (Å²) < 4.78 is 43.2. The first-order valence-electron chi connectivity index (χ1n) is 10.3. The van der Waals surface area contributed by atoms with E-state index in [4.69, 9.17) is 0 Å². The second-order valence-corrected chi connectivity index (χ2v) is 9.21. The van der Waals surface area contributed by atoms with Gasteiger partial charge in [-0.25, -0.2) is 9.97 Å². The highest BCUT2D eigenvalue weighted by molar-refractivity contribution is 5.91. The number of halogens is 3. The summed E-state index contributed by atoms with van der Waals surface area (Å²) in [5, 5.41) is 34.9. The van der Waals surface area contributed by atoms with Gasteiger partial charge in [0.25, 0.3) is 0 Å². The molecule has 0 radical (unpaired) electrons. The van der Waals surface area contributed by atoms with Crippen LogP contribution in [0, 0.1) is 25.2 Å². The monoisotopic (exact) mass is 456 g/mol. The number of aliphatic hydroxyl groups is 1. The van der Waals surface area contributed by atoms with E-state index in [0.717, 1.165) is 0 Å². The van der Waals surface area contributed by atoms with E-state index in [-0.39, 0.29) is 22.4 Å². The molecule has 2 atom stereocenters. The largest absolute Gasteiger partial charge is 0.506 e. The lowest BCUT2D eigenvalue weighted by Crippen LogP contribution is -2.58. The number of hydrogen-bond donors (Lipinski definition) is 3. The fraction of sp³-hybridized carbons (Fsp3) is 0.375. The van der Waals surface area contributed by atoms with Crippen molar-refractivity contribution in [2.45, 2.75) is 57.3 Å². The van der Waals surface area contributed by atoms with Crippen molar-refractivity contribution in [2.75, 3.05) is 5.32 Å². The summed E-state index contributed by atoms with van der Waals surface area (Å²) in [6.45, 7) is 6.28. The predicted octanol–water partition coefficient (Wildman–Crippen LogP) is 4.95. The highest BCUT2D eigenvalue weighted by Crippen LogP contribution is 2.57. The van der Waals surface area contributed by atoms with Crippen LogP contribution in [0.1, 0.15) is 54.4 Å². The molecule has 0 fully saturated rings. The van der Waals surface area contributed by atoms with Crippen molar-refractivity contribution in [2.24, 2.45) is 0 Å². The number of aryl methyl sites for hydroxylation is 2. The minimum Gasteiger partial charge on any atom is -0.506 e. The van der Waals surface area contributed by atoms with Crippen LogP contribution < -0.4 is 5.32 Å². The first kappa shape index (κ1) is 22.8. The second-order valence-electron chi connectivity index (χ2n) is 9.21. The van der Waals surface area contributed by atoms with Gasteiger partial charge in [-0.1, -0.05) is 26.0 Å². The maximum absolute atomic E-state index is 14.4. The Morgan fingerprint density at radius 1 is 1.24 bits per heavy atom. The molecule has 0 aliphatic heterocycles. The van der Waals surface area contributed by atoms with E-state index in [1.165, 1.54) is 26.1 Å². The van der Waals surface area contributed by atoms with Gasteiger partial charge in [0.15, 0.2) is 5.60 Å². The Bertz CT molecular complexity index is 1310. The van der Waals surface area contributed by atoms with Gasteiger partial charge in [-0.05, 0) is 48.9 Å². The van der Waals surface area contributed by atoms with Crippen molar-refractivity contribution >= 4 is 16.6 Å². The number of aromatic nitrogens is 2. The molecule has 3 aromatic rings. The van der Waals surface area contributed by atoms with Crippen molar-refractivity contribution < 1.29 is 23.4 Å². The lowest BCUT2D eigenvalue weighted by atomic mass is 9.62. The maximum Gasteiger partial charge on any atom is 0.419 e. The van der Waals surface area contributed by atoms with E-state index in [1.807, 2.05) is 6.07 Å². The Morgan fingerprint density at radius 3 is 2.58 bits per heavy atom. The Balaban J connectivity index is 2.00. The SMILES string of the molecule is Cc1ncc2c(NC3c4cc(C)c(C#N)c(O)c4C(C)(C)CC3(O)C(F)(F)F)cccc2n1. The molecule has 2 aromatic carbocycles. The molecule has 1 aliphatic rings. The molecule has 0 spiro atoms. The number of alkyl halides is 3. The minimum atomic E-state index is -4.98. The zero-order chi connectivity index (χ0) is 24.3. The van der Waals surface area contributed by atoms with Crippen LogP contribution in [0.2, 0.25) is 0 Å². The molecule has 1 aromatic heterocycles.